The van der Waals surface area contributed by atoms with Gasteiger partial charge in [0, 0.05) is 13.5 Å². The molecule has 0 bridgehead atoms. The maximum atomic E-state index is 11.9. The first-order chi connectivity index (χ1) is 9.58. The Labute approximate surface area is 117 Å². The van der Waals surface area contributed by atoms with Crippen molar-refractivity contribution < 1.29 is 14.3 Å². The maximum absolute atomic E-state index is 11.9. The molecule has 106 valence electrons. The predicted octanol–water partition coefficient (Wildman–Crippen LogP) is 1.30. The highest BCUT2D eigenvalue weighted by Gasteiger charge is 2.30. The molecule has 2 N–H and O–H groups in total. The Bertz CT molecular complexity index is 528. The number of rotatable bonds is 3. The van der Waals surface area contributed by atoms with Gasteiger partial charge in [0.25, 0.3) is 5.91 Å². The van der Waals surface area contributed by atoms with Crippen LogP contribution < -0.4 is 5.73 Å². The number of nitrogens with zero attached hydrogens (tertiary/aromatic N) is 2. The smallest absolute Gasteiger partial charge is 0.410 e. The van der Waals surface area contributed by atoms with Gasteiger partial charge in [-0.1, -0.05) is 30.3 Å². The van der Waals surface area contributed by atoms with Crippen LogP contribution in [0.15, 0.2) is 35.3 Å². The van der Waals surface area contributed by atoms with Crippen molar-refractivity contribution in [1.82, 2.24) is 4.90 Å². The van der Waals surface area contributed by atoms with Crippen molar-refractivity contribution in [2.24, 2.45) is 10.7 Å². The highest BCUT2D eigenvalue weighted by atomic mass is 16.6. The van der Waals surface area contributed by atoms with Crippen LogP contribution in [-0.2, 0) is 16.1 Å². The van der Waals surface area contributed by atoms with Crippen LogP contribution in [0.25, 0.3) is 0 Å². The molecular weight excluding hydrogens is 258 g/mol. The average molecular weight is 275 g/mol. The molecular formula is C14H17N3O3. The lowest BCUT2D eigenvalue weighted by molar-refractivity contribution is -0.122. The molecule has 6 nitrogen and oxygen atoms in total. The number of carbonyl (C=O) groups excluding carboxylic acids is 2. The van der Waals surface area contributed by atoms with E-state index in [1.165, 1.54) is 11.9 Å². The topological polar surface area (TPSA) is 85.0 Å². The molecule has 1 aromatic carbocycles. The first-order valence-electron chi connectivity index (χ1n) is 6.38. The van der Waals surface area contributed by atoms with Crippen LogP contribution in [-0.4, -0.2) is 35.8 Å². The van der Waals surface area contributed by atoms with Gasteiger partial charge in [0.2, 0.25) is 0 Å². The number of hydrogen-bond acceptors (Lipinski definition) is 4. The summed E-state index contributed by atoms with van der Waals surface area (Å²) in [7, 11) is 1.53. The Morgan fingerprint density at radius 1 is 1.45 bits per heavy atom. The lowest BCUT2D eigenvalue weighted by Crippen LogP contribution is -2.45. The van der Waals surface area contributed by atoms with Crippen LogP contribution in [0.5, 0.6) is 0 Å². The number of likely N-dealkylation sites (N-methyl/N-ethyl adjacent to an activating group) is 1. The fraction of sp³-hybridized carbons (Fsp3) is 0.357. The molecule has 2 rings (SSSR count). The van der Waals surface area contributed by atoms with E-state index < -0.39 is 18.0 Å². The number of nitrogens with two attached hydrogens (primary N) is 1. The minimum Gasteiger partial charge on any atom is -0.445 e. The van der Waals surface area contributed by atoms with Crippen molar-refractivity contribution in [2.75, 3.05) is 7.05 Å². The van der Waals surface area contributed by atoms with E-state index in [2.05, 4.69) is 4.99 Å². The number of amidine groups is 1. The van der Waals surface area contributed by atoms with Gasteiger partial charge in [-0.05, 0) is 12.0 Å². The number of benzene rings is 1. The molecule has 0 aromatic heterocycles. The molecule has 0 radical (unpaired) electrons. The minimum atomic E-state index is -0.592. The maximum Gasteiger partial charge on any atom is 0.410 e. The summed E-state index contributed by atoms with van der Waals surface area (Å²) in [4.78, 5) is 28.6. The number of hydrogen-bond donors (Lipinski definition) is 1. The molecule has 1 heterocycles. The van der Waals surface area contributed by atoms with E-state index in [9.17, 15) is 9.59 Å². The van der Waals surface area contributed by atoms with Crippen molar-refractivity contribution in [3.05, 3.63) is 35.9 Å². The summed E-state index contributed by atoms with van der Waals surface area (Å²) in [5.41, 5.74) is 6.39. The van der Waals surface area contributed by atoms with Gasteiger partial charge in [-0.15, -0.1) is 0 Å². The average Bonchev–Trinajstić information content (AvgIpc) is 2.45. The molecule has 1 aliphatic rings. The second kappa shape index (κ2) is 6.18. The highest BCUT2D eigenvalue weighted by molar-refractivity contribution is 5.99. The second-order valence-corrected chi connectivity index (χ2v) is 4.65. The van der Waals surface area contributed by atoms with Crippen LogP contribution in [0.4, 0.5) is 4.79 Å². The molecule has 1 aromatic rings. The van der Waals surface area contributed by atoms with Gasteiger partial charge < -0.3 is 10.5 Å². The SMILES string of the molecule is CN(C(=O)OCc1ccccc1)[C@H]1CCC(N)=NC1=O. The van der Waals surface area contributed by atoms with Crippen LogP contribution >= 0.6 is 0 Å². The molecule has 1 atom stereocenters. The monoisotopic (exact) mass is 275 g/mol. The number of ether oxygens (including phenoxy) is 1. The summed E-state index contributed by atoms with van der Waals surface area (Å²) in [6.07, 6.45) is 0.445. The third kappa shape index (κ3) is 3.34. The van der Waals surface area contributed by atoms with Crippen LogP contribution in [0, 0.1) is 0 Å². The summed E-state index contributed by atoms with van der Waals surface area (Å²) < 4.78 is 5.17. The van der Waals surface area contributed by atoms with Gasteiger partial charge in [-0.3, -0.25) is 9.69 Å². The fourth-order valence-corrected chi connectivity index (χ4v) is 1.99. The highest BCUT2D eigenvalue weighted by Crippen LogP contribution is 2.14. The van der Waals surface area contributed by atoms with E-state index in [0.717, 1.165) is 5.56 Å². The third-order valence-corrected chi connectivity index (χ3v) is 3.17. The van der Waals surface area contributed by atoms with E-state index in [4.69, 9.17) is 10.5 Å². The molecule has 2 amide bonds. The number of carbonyl (C=O) groups is 2. The van der Waals surface area contributed by atoms with Gasteiger partial charge in [-0.25, -0.2) is 4.79 Å². The van der Waals surface area contributed by atoms with E-state index >= 15 is 0 Å². The Morgan fingerprint density at radius 3 is 2.80 bits per heavy atom. The summed E-state index contributed by atoms with van der Waals surface area (Å²) in [6, 6.07) is 8.77. The molecule has 0 aliphatic carbocycles. The Morgan fingerprint density at radius 2 is 2.15 bits per heavy atom. The molecule has 6 heteroatoms. The van der Waals surface area contributed by atoms with E-state index in [-0.39, 0.29) is 6.61 Å². The van der Waals surface area contributed by atoms with Gasteiger partial charge >= 0.3 is 6.09 Å². The zero-order valence-corrected chi connectivity index (χ0v) is 11.3. The summed E-state index contributed by atoms with van der Waals surface area (Å²) in [5, 5.41) is 0. The number of aliphatic imine (C=N–C) groups is 1. The summed E-state index contributed by atoms with van der Waals surface area (Å²) in [6.45, 7) is 0.177. The van der Waals surface area contributed by atoms with E-state index in [1.54, 1.807) is 0 Å². The third-order valence-electron chi connectivity index (χ3n) is 3.17. The molecule has 0 saturated heterocycles. The van der Waals surface area contributed by atoms with E-state index in [0.29, 0.717) is 18.7 Å². The van der Waals surface area contributed by atoms with Crippen molar-refractivity contribution in [2.45, 2.75) is 25.5 Å². The Hall–Kier alpha value is -2.37. The first kappa shape index (κ1) is 14.0. The first-order valence-corrected chi connectivity index (χ1v) is 6.38. The largest absolute Gasteiger partial charge is 0.445 e. The van der Waals surface area contributed by atoms with Crippen molar-refractivity contribution in [3.8, 4) is 0 Å². The van der Waals surface area contributed by atoms with Crippen LogP contribution in [0.3, 0.4) is 0 Å². The van der Waals surface area contributed by atoms with E-state index in [1.807, 2.05) is 30.3 Å². The Balaban J connectivity index is 1.91. The summed E-state index contributed by atoms with van der Waals surface area (Å²) in [5.74, 6) is -0.0785. The minimum absolute atomic E-state index is 0.177. The molecule has 0 fully saturated rings. The normalized spacial score (nSPS) is 18.4. The number of amides is 2. The van der Waals surface area contributed by atoms with Crippen molar-refractivity contribution >= 4 is 17.8 Å². The summed E-state index contributed by atoms with van der Waals surface area (Å²) >= 11 is 0. The van der Waals surface area contributed by atoms with Gasteiger partial charge in [0.1, 0.15) is 18.5 Å². The van der Waals surface area contributed by atoms with Crippen LogP contribution in [0.1, 0.15) is 18.4 Å². The zero-order valence-electron chi connectivity index (χ0n) is 11.3. The molecule has 0 saturated carbocycles. The quantitative estimate of drug-likeness (QED) is 0.901. The molecule has 1 aliphatic heterocycles. The zero-order chi connectivity index (χ0) is 14.5. The molecule has 0 unspecified atom stereocenters. The lowest BCUT2D eigenvalue weighted by atomic mass is 10.1. The van der Waals surface area contributed by atoms with Gasteiger partial charge in [0.15, 0.2) is 0 Å². The van der Waals surface area contributed by atoms with Gasteiger partial charge in [0.05, 0.1) is 0 Å². The second-order valence-electron chi connectivity index (χ2n) is 4.65. The molecule has 0 spiro atoms. The molecule has 20 heavy (non-hydrogen) atoms. The van der Waals surface area contributed by atoms with Crippen molar-refractivity contribution in [1.29, 1.82) is 0 Å². The lowest BCUT2D eigenvalue weighted by Gasteiger charge is -2.27. The van der Waals surface area contributed by atoms with Gasteiger partial charge in [-0.2, -0.15) is 4.99 Å². The van der Waals surface area contributed by atoms with Crippen molar-refractivity contribution in [3.63, 3.8) is 0 Å². The fourth-order valence-electron chi connectivity index (χ4n) is 1.99. The van der Waals surface area contributed by atoms with Crippen LogP contribution in [0.2, 0.25) is 0 Å². The standard InChI is InChI=1S/C14H17N3O3/c1-17(11-7-8-12(15)16-13(11)18)14(19)20-9-10-5-3-2-4-6-10/h2-6,11H,7-9H2,1H3,(H2,15,16,18)/t11-/m0/s1. The predicted molar refractivity (Wildman–Crippen MR) is 74.0 cm³/mol. The Kier molecular flexibility index (Phi) is 4.34.